The van der Waals surface area contributed by atoms with Crippen molar-refractivity contribution in [2.75, 3.05) is 54.7 Å². The van der Waals surface area contributed by atoms with E-state index in [0.717, 1.165) is 0 Å². The molecule has 1 aromatic carbocycles. The number of hydrogen-bond acceptors (Lipinski definition) is 8. The van der Waals surface area contributed by atoms with Crippen LogP contribution in [0.2, 0.25) is 5.02 Å². The van der Waals surface area contributed by atoms with E-state index in [1.807, 2.05) is 4.90 Å². The summed E-state index contributed by atoms with van der Waals surface area (Å²) < 4.78 is 10.6. The largest absolute Gasteiger partial charge is 0.495 e. The topological polar surface area (TPSA) is 132 Å². The maximum atomic E-state index is 13.1. The van der Waals surface area contributed by atoms with Gasteiger partial charge in [-0.15, -0.1) is 0 Å². The lowest BCUT2D eigenvalue weighted by Gasteiger charge is -2.30. The smallest absolute Gasteiger partial charge is 0.232 e. The van der Waals surface area contributed by atoms with Crippen LogP contribution >= 0.6 is 11.6 Å². The number of nitrogens with one attached hydrogen (secondary N) is 2. The molecule has 2 aliphatic heterocycles. The Morgan fingerprint density at radius 3 is 2.87 bits per heavy atom. The highest BCUT2D eigenvalue weighted by Crippen LogP contribution is 2.37. The first-order valence-corrected chi connectivity index (χ1v) is 9.78. The zero-order chi connectivity index (χ0) is 21.3. The number of nitrogens with two attached hydrogens (primary N) is 1. The van der Waals surface area contributed by atoms with Crippen LogP contribution in [0.3, 0.4) is 0 Å². The van der Waals surface area contributed by atoms with Crippen molar-refractivity contribution < 1.29 is 19.1 Å². The third-order valence-electron chi connectivity index (χ3n) is 4.99. The van der Waals surface area contributed by atoms with Gasteiger partial charge in [-0.3, -0.25) is 9.59 Å². The van der Waals surface area contributed by atoms with Crippen LogP contribution in [0.15, 0.2) is 18.2 Å². The van der Waals surface area contributed by atoms with E-state index in [1.165, 1.54) is 7.11 Å². The average molecular weight is 433 g/mol. The van der Waals surface area contributed by atoms with Gasteiger partial charge >= 0.3 is 0 Å². The van der Waals surface area contributed by atoms with Crippen molar-refractivity contribution in [3.8, 4) is 5.75 Å². The number of methoxy groups -OCH3 is 1. The predicted molar refractivity (Wildman–Crippen MR) is 112 cm³/mol. The number of rotatable bonds is 4. The molecule has 0 bridgehead atoms. The molecule has 0 aliphatic carbocycles. The summed E-state index contributed by atoms with van der Waals surface area (Å²) in [5.41, 5.74) is 7.00. The van der Waals surface area contributed by atoms with Gasteiger partial charge in [-0.1, -0.05) is 11.6 Å². The Morgan fingerprint density at radius 1 is 1.37 bits per heavy atom. The van der Waals surface area contributed by atoms with Gasteiger partial charge in [0, 0.05) is 24.5 Å². The summed E-state index contributed by atoms with van der Waals surface area (Å²) in [4.78, 5) is 36.1. The zero-order valence-electron chi connectivity index (χ0n) is 16.3. The molecule has 1 aromatic heterocycles. The van der Waals surface area contributed by atoms with Gasteiger partial charge in [0.05, 0.1) is 37.5 Å². The molecule has 11 heteroatoms. The van der Waals surface area contributed by atoms with Crippen LogP contribution in [0.1, 0.15) is 17.9 Å². The van der Waals surface area contributed by atoms with E-state index in [-0.39, 0.29) is 24.0 Å². The van der Waals surface area contributed by atoms with Crippen molar-refractivity contribution in [1.82, 2.24) is 9.97 Å². The first kappa shape index (κ1) is 20.2. The van der Waals surface area contributed by atoms with Gasteiger partial charge in [0.2, 0.25) is 17.8 Å². The molecule has 2 aliphatic rings. The fourth-order valence-electron chi connectivity index (χ4n) is 3.51. The Bertz CT molecular complexity index is 995. The van der Waals surface area contributed by atoms with Crippen molar-refractivity contribution in [3.05, 3.63) is 28.8 Å². The number of nitrogens with zero attached hydrogens (tertiary/aromatic N) is 3. The molecule has 0 radical (unpaired) electrons. The van der Waals surface area contributed by atoms with E-state index >= 15 is 0 Å². The van der Waals surface area contributed by atoms with Crippen molar-refractivity contribution in [1.29, 1.82) is 0 Å². The van der Waals surface area contributed by atoms with Crippen LogP contribution in [0.25, 0.3) is 0 Å². The molecule has 158 valence electrons. The first-order chi connectivity index (χ1) is 14.5. The second kappa shape index (κ2) is 8.33. The van der Waals surface area contributed by atoms with Gasteiger partial charge in [-0.2, -0.15) is 9.97 Å². The predicted octanol–water partition coefficient (Wildman–Crippen LogP) is 1.62. The van der Waals surface area contributed by atoms with Crippen LogP contribution < -0.4 is 26.0 Å². The lowest BCUT2D eigenvalue weighted by atomic mass is 9.92. The second-order valence-corrected chi connectivity index (χ2v) is 7.35. The van der Waals surface area contributed by atoms with Gasteiger partial charge < -0.3 is 30.7 Å². The summed E-state index contributed by atoms with van der Waals surface area (Å²) >= 11 is 6.04. The minimum absolute atomic E-state index is 0.0772. The molecule has 1 saturated heterocycles. The van der Waals surface area contributed by atoms with Gasteiger partial charge in [-0.25, -0.2) is 0 Å². The lowest BCUT2D eigenvalue weighted by Crippen LogP contribution is -2.38. The van der Waals surface area contributed by atoms with Crippen molar-refractivity contribution in [2.45, 2.75) is 12.3 Å². The van der Waals surface area contributed by atoms with E-state index in [1.54, 1.807) is 18.2 Å². The number of halogens is 1. The number of carbonyl (C=O) groups is 2. The van der Waals surface area contributed by atoms with E-state index in [9.17, 15) is 9.59 Å². The summed E-state index contributed by atoms with van der Waals surface area (Å²) in [6, 6.07) is 4.87. The van der Waals surface area contributed by atoms with Crippen LogP contribution in [0.4, 0.5) is 23.3 Å². The molecule has 1 fully saturated rings. The van der Waals surface area contributed by atoms with Crippen LogP contribution in [0, 0.1) is 0 Å². The number of carbonyl (C=O) groups excluding carboxylic acids is 2. The first-order valence-electron chi connectivity index (χ1n) is 9.40. The molecule has 0 spiro atoms. The third kappa shape index (κ3) is 3.96. The number of amides is 2. The minimum Gasteiger partial charge on any atom is -0.495 e. The summed E-state index contributed by atoms with van der Waals surface area (Å²) in [7, 11) is 1.49. The van der Waals surface area contributed by atoms with E-state index < -0.39 is 11.8 Å². The number of nitrogen functional groups attached to an aromatic ring is 1. The monoisotopic (exact) mass is 432 g/mol. The summed E-state index contributed by atoms with van der Waals surface area (Å²) in [5.74, 6) is -0.366. The highest BCUT2D eigenvalue weighted by molar-refractivity contribution is 6.31. The van der Waals surface area contributed by atoms with E-state index in [4.69, 9.17) is 26.8 Å². The molecule has 2 amide bonds. The standard InChI is InChI=1S/C19H21ClN6O4/c1-29-13-3-2-10(20)8-12(13)22-18(28)11-9-14(27)23-17-15(11)16(21)24-19(25-17)26-4-6-30-7-5-26/h2-3,8,11H,4-7,9H2,1H3,(H,22,28)(H3,21,23,24,25,27)/t11-/m0/s1. The molecule has 4 rings (SSSR count). The molecule has 10 nitrogen and oxygen atoms in total. The maximum Gasteiger partial charge on any atom is 0.232 e. The Balaban J connectivity index is 1.65. The number of ether oxygens (including phenoxy) is 2. The maximum absolute atomic E-state index is 13.1. The number of hydrogen-bond donors (Lipinski definition) is 3. The summed E-state index contributed by atoms with van der Waals surface area (Å²) in [6.07, 6.45) is -0.0772. The highest BCUT2D eigenvalue weighted by atomic mass is 35.5. The van der Waals surface area contributed by atoms with Crippen LogP contribution in [0.5, 0.6) is 5.75 Å². The Labute approximate surface area is 177 Å². The Morgan fingerprint density at radius 2 is 2.13 bits per heavy atom. The van der Waals surface area contributed by atoms with Crippen LogP contribution in [-0.2, 0) is 14.3 Å². The SMILES string of the molecule is COc1ccc(Cl)cc1NC(=O)[C@H]1CC(=O)Nc2nc(N3CCOCC3)nc(N)c21. The lowest BCUT2D eigenvalue weighted by molar-refractivity contribution is -0.123. The number of anilines is 4. The fourth-order valence-corrected chi connectivity index (χ4v) is 3.68. The highest BCUT2D eigenvalue weighted by Gasteiger charge is 2.35. The average Bonchev–Trinajstić information content (AvgIpc) is 2.73. The third-order valence-corrected chi connectivity index (χ3v) is 5.22. The molecule has 0 unspecified atom stereocenters. The quantitative estimate of drug-likeness (QED) is 0.664. The molecule has 30 heavy (non-hydrogen) atoms. The van der Waals surface area contributed by atoms with Gasteiger partial charge in [0.15, 0.2) is 0 Å². The molecule has 3 heterocycles. The molecule has 1 atom stereocenters. The number of fused-ring (bicyclic) bond motifs is 1. The van der Waals surface area contributed by atoms with E-state index in [0.29, 0.717) is 54.3 Å². The van der Waals surface area contributed by atoms with Crippen molar-refractivity contribution >= 4 is 46.7 Å². The van der Waals surface area contributed by atoms with Gasteiger partial charge in [0.1, 0.15) is 17.4 Å². The normalized spacial score (nSPS) is 18.4. The number of benzene rings is 1. The van der Waals surface area contributed by atoms with Gasteiger partial charge in [0.25, 0.3) is 0 Å². The van der Waals surface area contributed by atoms with E-state index in [2.05, 4.69) is 20.6 Å². The molecule has 2 aromatic rings. The van der Waals surface area contributed by atoms with Crippen LogP contribution in [-0.4, -0.2) is 55.2 Å². The molecule has 0 saturated carbocycles. The molecule has 4 N–H and O–H groups in total. The Kier molecular flexibility index (Phi) is 5.60. The van der Waals surface area contributed by atoms with Gasteiger partial charge in [-0.05, 0) is 18.2 Å². The molecular formula is C19H21ClN6O4. The minimum atomic E-state index is -0.851. The summed E-state index contributed by atoms with van der Waals surface area (Å²) in [6.45, 7) is 2.34. The number of morpholine rings is 1. The fraction of sp³-hybridized carbons (Fsp3) is 0.368. The van der Waals surface area contributed by atoms with Crippen molar-refractivity contribution in [2.24, 2.45) is 0 Å². The zero-order valence-corrected chi connectivity index (χ0v) is 17.0. The number of aromatic nitrogens is 2. The summed E-state index contributed by atoms with van der Waals surface area (Å²) in [5, 5.41) is 5.92. The molecular weight excluding hydrogens is 412 g/mol. The Hall–Kier alpha value is -3.11. The second-order valence-electron chi connectivity index (χ2n) is 6.91. The van der Waals surface area contributed by atoms with Crippen molar-refractivity contribution in [3.63, 3.8) is 0 Å².